The van der Waals surface area contributed by atoms with E-state index < -0.39 is 37.3 Å². The highest BCUT2D eigenvalue weighted by atomic mass is 79.9. The van der Waals surface area contributed by atoms with Gasteiger partial charge in [-0.1, -0.05) is 90.3 Å². The third kappa shape index (κ3) is 34.3. The van der Waals surface area contributed by atoms with Gasteiger partial charge in [0, 0.05) is 36.7 Å². The number of carbonyl (C=O) groups is 6. The number of carbonyl (C=O) groups excluding carboxylic acids is 5. The summed E-state index contributed by atoms with van der Waals surface area (Å²) in [5, 5.41) is 35.1. The molecule has 0 fully saturated rings. The molecule has 0 bridgehead atoms. The summed E-state index contributed by atoms with van der Waals surface area (Å²) in [7, 11) is -1.44. The lowest BCUT2D eigenvalue weighted by Crippen LogP contribution is -2.43. The minimum atomic E-state index is -0.893. The number of aliphatic carboxylic acids is 1. The Morgan fingerprint density at radius 2 is 0.958 bits per heavy atom. The van der Waals surface area contributed by atoms with Crippen molar-refractivity contribution in [1.82, 2.24) is 10.5 Å². The van der Waals surface area contributed by atoms with Crippen LogP contribution in [0.25, 0.3) is 0 Å². The Hall–Kier alpha value is -3.27. The molecule has 0 aromatic heterocycles. The van der Waals surface area contributed by atoms with Gasteiger partial charge >= 0.3 is 32.0 Å². The van der Waals surface area contributed by atoms with Gasteiger partial charge in [-0.25, -0.2) is 0 Å². The molecule has 9 N–H and O–H groups in total. The topological polar surface area (TPSA) is 258 Å². The molecule has 3 atom stereocenters. The van der Waals surface area contributed by atoms with Gasteiger partial charge in [-0.15, -0.1) is 0 Å². The number of ketones is 2. The average Bonchev–Trinajstić information content (AvgIpc) is 3.23. The van der Waals surface area contributed by atoms with Crippen LogP contribution >= 0.6 is 63.7 Å². The van der Waals surface area contributed by atoms with E-state index in [1.54, 1.807) is 13.6 Å². The highest BCUT2D eigenvalue weighted by Gasteiger charge is 2.25. The summed E-state index contributed by atoms with van der Waals surface area (Å²) in [6.07, 6.45) is 2.72. The van der Waals surface area contributed by atoms with E-state index in [0.717, 1.165) is 44.5 Å². The number of nitrogens with one attached hydrogen (secondary N) is 2. The largest absolute Gasteiger partial charge is 0.481 e. The van der Waals surface area contributed by atoms with Gasteiger partial charge in [0.25, 0.3) is 0 Å². The average molecular weight is 1260 g/mol. The number of aryl methyl sites for hydroxylation is 3. The molecule has 21 heteroatoms. The van der Waals surface area contributed by atoms with Crippen molar-refractivity contribution < 1.29 is 53.4 Å². The van der Waals surface area contributed by atoms with Crippen LogP contribution in [0.4, 0.5) is 5.69 Å². The molecule has 0 aliphatic rings. The Morgan fingerprint density at radius 1 is 0.611 bits per heavy atom. The number of carboxylic acid groups (broad SMARTS) is 1. The maximum absolute atomic E-state index is 12.2. The fraction of sp³-hybridized carbons (Fsp3) is 0.529. The summed E-state index contributed by atoms with van der Waals surface area (Å²) in [5.74, 6) is -1.25. The van der Waals surface area contributed by atoms with Crippen LogP contribution in [0.1, 0.15) is 105 Å². The highest BCUT2D eigenvalue weighted by Crippen LogP contribution is 2.20. The maximum atomic E-state index is 12.2. The number of esters is 2. The minimum Gasteiger partial charge on any atom is -0.481 e. The number of carboxylic acids is 1. The molecule has 3 rings (SSSR count). The molecule has 0 amide bonds. The van der Waals surface area contributed by atoms with E-state index in [0.29, 0.717) is 53.8 Å². The van der Waals surface area contributed by atoms with Gasteiger partial charge in [-0.2, -0.15) is 0 Å². The lowest BCUT2D eigenvalue weighted by molar-refractivity contribution is -0.156. The number of alkyl halides is 3. The summed E-state index contributed by atoms with van der Waals surface area (Å²) in [6.45, 7) is 20.2. The van der Waals surface area contributed by atoms with E-state index >= 15 is 0 Å². The van der Waals surface area contributed by atoms with Crippen LogP contribution in [0.5, 0.6) is 0 Å². The van der Waals surface area contributed by atoms with Crippen molar-refractivity contribution >= 4 is 118 Å². The molecule has 72 heavy (non-hydrogen) atoms. The number of benzene rings is 3. The van der Waals surface area contributed by atoms with Crippen molar-refractivity contribution in [2.75, 3.05) is 21.7 Å². The van der Waals surface area contributed by atoms with E-state index in [9.17, 15) is 38.8 Å². The van der Waals surface area contributed by atoms with Gasteiger partial charge in [0.15, 0.2) is 0 Å². The van der Waals surface area contributed by atoms with Crippen molar-refractivity contribution in [1.29, 1.82) is 0 Å². The summed E-state index contributed by atoms with van der Waals surface area (Å²) >= 11 is 11.9. The second-order valence-electron chi connectivity index (χ2n) is 19.5. The van der Waals surface area contributed by atoms with E-state index in [4.69, 9.17) is 26.0 Å². The summed E-state index contributed by atoms with van der Waals surface area (Å²) in [4.78, 5) is 67.6. The standard InChI is InChI=1S/C19H29BBrNO4.C16H27BN2O3.C14H18BrNO3.C2H2Br2O/c1-13-6-7-14(9-17(23)12-21)8-15(13)10-16(22-20(5)25)11-18(24)26-19(2,3)4;1-11-6-7-13(18)8-12(11)9-14(19-17(5)21)10-15(20)22-16(2,3)4;1-9-2-3-10(5-13(17)8-15)4-11(9)6-12(16)7-14(18)19;3-1-2(4)5/h6-8,16,22,25H,9-12H2,1-5H3;6-8,14,19,21H,9-10,18H2,1-5H3;2-4,12H,5-8,16H2,1H3,(H,18,19);1H2/t16-;14-;12-;/m000./s1. The third-order valence-corrected chi connectivity index (χ3v) is 12.7. The Morgan fingerprint density at radius 3 is 1.28 bits per heavy atom. The first-order valence-electron chi connectivity index (χ1n) is 23.5. The first-order valence-corrected chi connectivity index (χ1v) is 27.6. The van der Waals surface area contributed by atoms with Gasteiger partial charge in [-0.3, -0.25) is 28.8 Å². The van der Waals surface area contributed by atoms with Crippen LogP contribution in [0.3, 0.4) is 0 Å². The van der Waals surface area contributed by atoms with Crippen LogP contribution < -0.4 is 21.9 Å². The number of ether oxygens (including phenoxy) is 2. The van der Waals surface area contributed by atoms with Crippen LogP contribution in [-0.2, 0) is 70.3 Å². The first-order chi connectivity index (χ1) is 33.2. The van der Waals surface area contributed by atoms with Gasteiger partial charge in [0.05, 0.1) is 35.3 Å². The minimum absolute atomic E-state index is 0.0162. The Bertz CT molecular complexity index is 2210. The Labute approximate surface area is 461 Å². The predicted octanol–water partition coefficient (Wildman–Crippen LogP) is 7.91. The van der Waals surface area contributed by atoms with Crippen LogP contribution in [0.15, 0.2) is 54.6 Å². The van der Waals surface area contributed by atoms with Crippen molar-refractivity contribution in [3.8, 4) is 0 Å². The smallest absolute Gasteiger partial charge is 0.373 e. The highest BCUT2D eigenvalue weighted by molar-refractivity contribution is 9.19. The lowest BCUT2D eigenvalue weighted by atomic mass is 9.85. The third-order valence-electron chi connectivity index (χ3n) is 9.88. The summed E-state index contributed by atoms with van der Waals surface area (Å²) in [5.41, 5.74) is 19.5. The monoisotopic (exact) mass is 1260 g/mol. The van der Waals surface area contributed by atoms with Crippen molar-refractivity contribution in [2.45, 2.75) is 157 Å². The lowest BCUT2D eigenvalue weighted by Gasteiger charge is -2.24. The second-order valence-corrected chi connectivity index (χ2v) is 22.1. The predicted molar refractivity (Wildman–Crippen MR) is 304 cm³/mol. The zero-order chi connectivity index (χ0) is 55.5. The summed E-state index contributed by atoms with van der Waals surface area (Å²) < 4.78 is 10.7. The molecule has 0 saturated carbocycles. The number of nitrogen functional groups attached to an aromatic ring is 1. The second kappa shape index (κ2) is 35.1. The molecule has 0 saturated heterocycles. The maximum Gasteiger partial charge on any atom is 0.373 e. The van der Waals surface area contributed by atoms with Crippen LogP contribution in [0.2, 0.25) is 13.6 Å². The molecular weight excluding hydrogens is 1190 g/mol. The van der Waals surface area contributed by atoms with Gasteiger partial charge in [0.2, 0.25) is 4.69 Å². The molecule has 0 aliphatic carbocycles. The van der Waals surface area contributed by atoms with Gasteiger partial charge < -0.3 is 46.6 Å². The molecular formula is C51H76B2Br4N4O11. The van der Waals surface area contributed by atoms with Crippen molar-refractivity contribution in [3.63, 3.8) is 0 Å². The van der Waals surface area contributed by atoms with Gasteiger partial charge in [0.1, 0.15) is 22.8 Å². The SMILES string of the molecule is CB(O)N[C@H](CC(=O)OC(C)(C)C)Cc1cc(CC(=O)CBr)ccc1C.CB(O)N[C@H](CC(=O)OC(C)(C)C)Cc1cc(N)ccc1C.Cc1ccc(CC(=O)CBr)cc1C[C@H](N)CC(=O)O.O=C(Br)CBr. The molecule has 0 radical (unpaired) electrons. The van der Waals surface area contributed by atoms with Crippen molar-refractivity contribution in [2.24, 2.45) is 5.73 Å². The number of hydrogen-bond acceptors (Lipinski definition) is 14. The van der Waals surface area contributed by atoms with Crippen LogP contribution in [0, 0.1) is 20.8 Å². The number of hydrogen-bond donors (Lipinski definition) is 7. The van der Waals surface area contributed by atoms with Crippen LogP contribution in [-0.4, -0.2) is 109 Å². The summed E-state index contributed by atoms with van der Waals surface area (Å²) in [6, 6.07) is 16.6. The zero-order valence-corrected chi connectivity index (χ0v) is 50.0. The van der Waals surface area contributed by atoms with Crippen molar-refractivity contribution in [3.05, 3.63) is 99.1 Å². The number of halogens is 4. The first kappa shape index (κ1) is 68.7. The van der Waals surface area contributed by atoms with E-state index in [1.807, 2.05) is 117 Å². The zero-order valence-electron chi connectivity index (χ0n) is 43.6. The number of Topliss-reactive ketones (excluding diaryl/α,β-unsaturated/α-hetero) is 2. The number of anilines is 1. The quantitative estimate of drug-likeness (QED) is 0.0157. The Balaban J connectivity index is 0.00000101. The molecule has 3 aromatic rings. The Kier molecular flexibility index (Phi) is 33.5. The molecule has 3 aromatic carbocycles. The molecule has 0 spiro atoms. The molecule has 0 heterocycles. The number of nitrogens with two attached hydrogens (primary N) is 2. The van der Waals surface area contributed by atoms with E-state index in [2.05, 4.69) is 74.2 Å². The van der Waals surface area contributed by atoms with E-state index in [1.165, 1.54) is 0 Å². The fourth-order valence-corrected chi connectivity index (χ4v) is 7.31. The molecule has 400 valence electrons. The number of rotatable bonds is 23. The van der Waals surface area contributed by atoms with Gasteiger partial charge in [-0.05, 0) is 168 Å². The molecule has 0 unspecified atom stereocenters. The fourth-order valence-electron chi connectivity index (χ4n) is 6.91. The van der Waals surface area contributed by atoms with E-state index in [-0.39, 0.29) is 59.5 Å². The normalized spacial score (nSPS) is 12.2. The molecule has 0 aliphatic heterocycles. The molecule has 15 nitrogen and oxygen atoms in total.